The number of nitrogens with zero attached hydrogens (tertiary/aromatic N) is 1. The van der Waals surface area contributed by atoms with Crippen molar-refractivity contribution in [3.8, 4) is 0 Å². The Hall–Kier alpha value is -0.0800. The van der Waals surface area contributed by atoms with E-state index < -0.39 is 0 Å². The van der Waals surface area contributed by atoms with Crippen LogP contribution in [0.1, 0.15) is 39.5 Å². The van der Waals surface area contributed by atoms with Gasteiger partial charge in [0.25, 0.3) is 0 Å². The van der Waals surface area contributed by atoms with E-state index in [0.29, 0.717) is 5.92 Å². The molecule has 0 aliphatic carbocycles. The third-order valence-electron chi connectivity index (χ3n) is 2.70. The molecule has 0 saturated carbocycles. The van der Waals surface area contributed by atoms with Crippen LogP contribution in [0.25, 0.3) is 0 Å². The molecule has 0 aromatic rings. The fourth-order valence-electron chi connectivity index (χ4n) is 1.69. The highest BCUT2D eigenvalue weighted by molar-refractivity contribution is 4.66. The molecule has 1 N–H and O–H groups in total. The summed E-state index contributed by atoms with van der Waals surface area (Å²) in [6, 6.07) is 0. The average molecular weight is 187 g/mol. The van der Waals surface area contributed by atoms with E-state index in [1.54, 1.807) is 0 Å². The van der Waals surface area contributed by atoms with Crippen LogP contribution >= 0.6 is 0 Å². The van der Waals surface area contributed by atoms with Gasteiger partial charge in [-0.3, -0.25) is 0 Å². The van der Waals surface area contributed by atoms with Crippen molar-refractivity contribution in [2.75, 3.05) is 20.6 Å². The summed E-state index contributed by atoms with van der Waals surface area (Å²) in [5.74, 6) is 0.502. The highest BCUT2D eigenvalue weighted by atomic mass is 16.3. The molecule has 0 radical (unpaired) electrons. The van der Waals surface area contributed by atoms with Crippen LogP contribution in [0.3, 0.4) is 0 Å². The molecule has 0 heterocycles. The van der Waals surface area contributed by atoms with Crippen LogP contribution in [0, 0.1) is 5.92 Å². The molecule has 0 aliphatic rings. The van der Waals surface area contributed by atoms with Gasteiger partial charge in [0.05, 0.1) is 6.10 Å². The summed E-state index contributed by atoms with van der Waals surface area (Å²) in [7, 11) is 4.15. The van der Waals surface area contributed by atoms with Gasteiger partial charge in [0.1, 0.15) is 0 Å². The first-order valence-electron chi connectivity index (χ1n) is 5.44. The van der Waals surface area contributed by atoms with Gasteiger partial charge >= 0.3 is 0 Å². The van der Waals surface area contributed by atoms with Crippen LogP contribution in [0.4, 0.5) is 0 Å². The molecule has 0 saturated heterocycles. The second-order valence-electron chi connectivity index (χ2n) is 4.09. The monoisotopic (exact) mass is 187 g/mol. The first-order valence-corrected chi connectivity index (χ1v) is 5.44. The Bertz CT molecular complexity index is 111. The lowest BCUT2D eigenvalue weighted by atomic mass is 9.93. The van der Waals surface area contributed by atoms with E-state index in [1.807, 2.05) is 0 Å². The summed E-state index contributed by atoms with van der Waals surface area (Å²) >= 11 is 0. The molecule has 2 nitrogen and oxygen atoms in total. The molecule has 80 valence electrons. The summed E-state index contributed by atoms with van der Waals surface area (Å²) in [6.45, 7) is 5.39. The molecule has 0 bridgehead atoms. The largest absolute Gasteiger partial charge is 0.393 e. The summed E-state index contributed by atoms with van der Waals surface area (Å²) in [6.07, 6.45) is 4.16. The van der Waals surface area contributed by atoms with Crippen molar-refractivity contribution in [1.82, 2.24) is 4.90 Å². The number of aliphatic hydroxyl groups is 1. The van der Waals surface area contributed by atoms with Gasteiger partial charge in [0, 0.05) is 0 Å². The zero-order chi connectivity index (χ0) is 10.3. The molecular weight excluding hydrogens is 162 g/mol. The molecular formula is C11H25NO. The zero-order valence-corrected chi connectivity index (χ0v) is 9.58. The molecule has 0 amide bonds. The number of hydrogen-bond donors (Lipinski definition) is 1. The second-order valence-corrected chi connectivity index (χ2v) is 4.09. The average Bonchev–Trinajstić information content (AvgIpc) is 2.05. The molecule has 0 aliphatic heterocycles. The Morgan fingerprint density at radius 3 is 2.08 bits per heavy atom. The minimum Gasteiger partial charge on any atom is -0.393 e. The van der Waals surface area contributed by atoms with Crippen LogP contribution in [-0.4, -0.2) is 36.8 Å². The van der Waals surface area contributed by atoms with E-state index in [1.165, 1.54) is 0 Å². The van der Waals surface area contributed by atoms with E-state index in [0.717, 1.165) is 32.2 Å². The van der Waals surface area contributed by atoms with Crippen molar-refractivity contribution < 1.29 is 5.11 Å². The van der Waals surface area contributed by atoms with Crippen molar-refractivity contribution in [3.05, 3.63) is 0 Å². The van der Waals surface area contributed by atoms with Crippen molar-refractivity contribution in [3.63, 3.8) is 0 Å². The van der Waals surface area contributed by atoms with Crippen molar-refractivity contribution in [2.24, 2.45) is 5.92 Å². The zero-order valence-electron chi connectivity index (χ0n) is 9.58. The lowest BCUT2D eigenvalue weighted by molar-refractivity contribution is 0.0900. The fourth-order valence-corrected chi connectivity index (χ4v) is 1.69. The third kappa shape index (κ3) is 6.05. The molecule has 13 heavy (non-hydrogen) atoms. The van der Waals surface area contributed by atoms with Crippen LogP contribution in [0.15, 0.2) is 0 Å². The van der Waals surface area contributed by atoms with Crippen molar-refractivity contribution in [1.29, 1.82) is 0 Å². The second kappa shape index (κ2) is 7.34. The number of rotatable bonds is 7. The molecule has 0 aromatic heterocycles. The quantitative estimate of drug-likeness (QED) is 0.660. The summed E-state index contributed by atoms with van der Waals surface area (Å²) < 4.78 is 0. The van der Waals surface area contributed by atoms with E-state index in [-0.39, 0.29) is 6.10 Å². The maximum atomic E-state index is 9.80. The van der Waals surface area contributed by atoms with Crippen LogP contribution in [0.2, 0.25) is 0 Å². The molecule has 0 rings (SSSR count). The topological polar surface area (TPSA) is 23.5 Å². The van der Waals surface area contributed by atoms with Gasteiger partial charge in [-0.15, -0.1) is 0 Å². The molecule has 0 aromatic carbocycles. The lowest BCUT2D eigenvalue weighted by Crippen LogP contribution is -2.21. The Morgan fingerprint density at radius 2 is 1.69 bits per heavy atom. The highest BCUT2D eigenvalue weighted by Crippen LogP contribution is 2.16. The van der Waals surface area contributed by atoms with Crippen LogP contribution in [-0.2, 0) is 0 Å². The third-order valence-corrected chi connectivity index (χ3v) is 2.70. The van der Waals surface area contributed by atoms with Gasteiger partial charge in [0.15, 0.2) is 0 Å². The summed E-state index contributed by atoms with van der Waals surface area (Å²) in [5.41, 5.74) is 0. The van der Waals surface area contributed by atoms with Gasteiger partial charge < -0.3 is 10.0 Å². The SMILES string of the molecule is CCC(CC)[C@@H](O)CCCN(C)C. The standard InChI is InChI=1S/C11H25NO/c1-5-10(6-2)11(13)8-7-9-12(3)4/h10-11,13H,5-9H2,1-4H3/t11-/m0/s1. The smallest absolute Gasteiger partial charge is 0.0568 e. The van der Waals surface area contributed by atoms with Gasteiger partial charge in [-0.05, 0) is 39.4 Å². The molecule has 0 fully saturated rings. The normalized spacial score (nSPS) is 14.1. The Morgan fingerprint density at radius 1 is 1.15 bits per heavy atom. The van der Waals surface area contributed by atoms with Gasteiger partial charge in [-0.2, -0.15) is 0 Å². The van der Waals surface area contributed by atoms with Crippen molar-refractivity contribution in [2.45, 2.75) is 45.6 Å². The van der Waals surface area contributed by atoms with E-state index in [4.69, 9.17) is 0 Å². The van der Waals surface area contributed by atoms with Gasteiger partial charge in [-0.25, -0.2) is 0 Å². The van der Waals surface area contributed by atoms with Crippen LogP contribution in [0.5, 0.6) is 0 Å². The fraction of sp³-hybridized carbons (Fsp3) is 1.00. The predicted octanol–water partition coefficient (Wildman–Crippen LogP) is 2.13. The first kappa shape index (κ1) is 12.9. The summed E-state index contributed by atoms with van der Waals surface area (Å²) in [4.78, 5) is 2.17. The Labute approximate surface area is 82.9 Å². The minimum atomic E-state index is -0.0880. The highest BCUT2D eigenvalue weighted by Gasteiger charge is 2.14. The number of aliphatic hydroxyl groups excluding tert-OH is 1. The van der Waals surface area contributed by atoms with Crippen LogP contribution < -0.4 is 0 Å². The molecule has 0 unspecified atom stereocenters. The summed E-state index contributed by atoms with van der Waals surface area (Å²) in [5, 5.41) is 9.80. The molecule has 2 heteroatoms. The van der Waals surface area contributed by atoms with Crippen molar-refractivity contribution >= 4 is 0 Å². The van der Waals surface area contributed by atoms with Gasteiger partial charge in [-0.1, -0.05) is 26.7 Å². The minimum absolute atomic E-state index is 0.0880. The maximum absolute atomic E-state index is 9.80. The van der Waals surface area contributed by atoms with E-state index in [9.17, 15) is 5.11 Å². The molecule has 1 atom stereocenters. The van der Waals surface area contributed by atoms with Gasteiger partial charge in [0.2, 0.25) is 0 Å². The van der Waals surface area contributed by atoms with E-state index >= 15 is 0 Å². The predicted molar refractivity (Wildman–Crippen MR) is 57.9 cm³/mol. The molecule has 0 spiro atoms. The Balaban J connectivity index is 3.53. The van der Waals surface area contributed by atoms with E-state index in [2.05, 4.69) is 32.8 Å². The Kier molecular flexibility index (Phi) is 7.29. The first-order chi connectivity index (χ1) is 6.11. The maximum Gasteiger partial charge on any atom is 0.0568 e. The number of hydrogen-bond acceptors (Lipinski definition) is 2. The lowest BCUT2D eigenvalue weighted by Gasteiger charge is -2.20.